The number of rotatable bonds is 6. The summed E-state index contributed by atoms with van der Waals surface area (Å²) in [4.78, 5) is 1.87. The molecule has 2 aromatic carbocycles. The Morgan fingerprint density at radius 2 is 1.81 bits per heavy atom. The van der Waals surface area contributed by atoms with Gasteiger partial charge < -0.3 is 9.84 Å². The summed E-state index contributed by atoms with van der Waals surface area (Å²) in [6.45, 7) is 5.87. The average molecular weight is 391 g/mol. The van der Waals surface area contributed by atoms with Crippen molar-refractivity contribution in [1.29, 1.82) is 0 Å². The van der Waals surface area contributed by atoms with Gasteiger partial charge in [0, 0.05) is 18.2 Å². The van der Waals surface area contributed by atoms with E-state index in [0.29, 0.717) is 12.1 Å². The first-order valence-electron chi connectivity index (χ1n) is 8.92. The van der Waals surface area contributed by atoms with E-state index in [4.69, 9.17) is 8.92 Å². The molecule has 0 aromatic heterocycles. The highest BCUT2D eigenvalue weighted by Gasteiger charge is 2.53. The molecule has 0 radical (unpaired) electrons. The Morgan fingerprint density at radius 1 is 1.19 bits per heavy atom. The van der Waals surface area contributed by atoms with E-state index in [1.165, 1.54) is 12.1 Å². The lowest BCUT2D eigenvalue weighted by molar-refractivity contribution is -0.253. The largest absolute Gasteiger partial charge is 0.394 e. The van der Waals surface area contributed by atoms with Crippen LogP contribution in [0.25, 0.3) is 0 Å². The second-order valence-electron chi connectivity index (χ2n) is 6.97. The van der Waals surface area contributed by atoms with Crippen LogP contribution in [0.1, 0.15) is 25.0 Å². The highest BCUT2D eigenvalue weighted by atomic mass is 32.2. The monoisotopic (exact) mass is 391 g/mol. The Labute approximate surface area is 160 Å². The van der Waals surface area contributed by atoms with E-state index < -0.39 is 22.1 Å². The van der Waals surface area contributed by atoms with Crippen LogP contribution in [0.5, 0.6) is 0 Å². The van der Waals surface area contributed by atoms with Crippen LogP contribution in [0.15, 0.2) is 59.5 Å². The van der Waals surface area contributed by atoms with Crippen LogP contribution in [-0.4, -0.2) is 43.7 Å². The van der Waals surface area contributed by atoms with Gasteiger partial charge in [-0.25, -0.2) is 9.08 Å². The Morgan fingerprint density at radius 3 is 2.37 bits per heavy atom. The molecule has 1 fully saturated rings. The molecule has 6 nitrogen and oxygen atoms in total. The van der Waals surface area contributed by atoms with Gasteiger partial charge in [0.25, 0.3) is 5.91 Å². The van der Waals surface area contributed by atoms with Crippen LogP contribution in [-0.2, 0) is 24.9 Å². The molecule has 7 heteroatoms. The molecule has 1 N–H and O–H groups in total. The van der Waals surface area contributed by atoms with Crippen molar-refractivity contribution in [3.63, 3.8) is 0 Å². The van der Waals surface area contributed by atoms with Gasteiger partial charge in [-0.2, -0.15) is 8.42 Å². The molecule has 3 rings (SSSR count). The summed E-state index contributed by atoms with van der Waals surface area (Å²) in [5.41, 5.74) is 1.51. The van der Waals surface area contributed by atoms with E-state index in [9.17, 15) is 13.5 Å². The summed E-state index contributed by atoms with van der Waals surface area (Å²) >= 11 is 0. The predicted octanol–water partition coefficient (Wildman–Crippen LogP) is 2.61. The van der Waals surface area contributed by atoms with Crippen LogP contribution in [0, 0.1) is 6.92 Å². The molecule has 1 aliphatic heterocycles. The van der Waals surface area contributed by atoms with Crippen molar-refractivity contribution in [3.05, 3.63) is 65.7 Å². The lowest BCUT2D eigenvalue weighted by atomic mass is 10.1. The van der Waals surface area contributed by atoms with Gasteiger partial charge in [0.2, 0.25) is 0 Å². The Balaban J connectivity index is 2.09. The molecular weight excluding hydrogens is 366 g/mol. The van der Waals surface area contributed by atoms with E-state index in [-0.39, 0.29) is 17.5 Å². The number of aliphatic hydroxyl groups is 1. The van der Waals surface area contributed by atoms with Crippen molar-refractivity contribution in [2.24, 2.45) is 0 Å². The van der Waals surface area contributed by atoms with Crippen LogP contribution in [0.4, 0.5) is 0 Å². The van der Waals surface area contributed by atoms with E-state index in [1.807, 2.05) is 31.7 Å². The highest BCUT2D eigenvalue weighted by molar-refractivity contribution is 7.86. The predicted molar refractivity (Wildman–Crippen MR) is 101 cm³/mol. The summed E-state index contributed by atoms with van der Waals surface area (Å²) < 4.78 is 37.9. The van der Waals surface area contributed by atoms with Gasteiger partial charge in [-0.1, -0.05) is 48.0 Å². The molecule has 1 aliphatic rings. The van der Waals surface area contributed by atoms with Crippen LogP contribution in [0.2, 0.25) is 0 Å². The number of aryl methyl sites for hydroxylation is 1. The smallest absolute Gasteiger partial charge is 0.300 e. The number of ether oxygens (including phenoxy) is 1. The molecule has 1 heterocycles. The van der Waals surface area contributed by atoms with E-state index >= 15 is 0 Å². The first-order valence-corrected chi connectivity index (χ1v) is 10.3. The van der Waals surface area contributed by atoms with Crippen molar-refractivity contribution in [2.75, 3.05) is 13.2 Å². The summed E-state index contributed by atoms with van der Waals surface area (Å²) in [5, 5.41) is 9.63. The molecular formula is C20H25NO5S. The third kappa shape index (κ3) is 3.93. The van der Waals surface area contributed by atoms with Gasteiger partial charge in [-0.15, -0.1) is 0 Å². The second kappa shape index (κ2) is 7.69. The maximum atomic E-state index is 13.0. The van der Waals surface area contributed by atoms with Crippen LogP contribution < -0.4 is 0 Å². The quantitative estimate of drug-likeness (QED) is 0.763. The van der Waals surface area contributed by atoms with Crippen LogP contribution >= 0.6 is 0 Å². The molecule has 27 heavy (non-hydrogen) atoms. The van der Waals surface area contributed by atoms with Gasteiger partial charge in [-0.05, 0) is 32.9 Å². The van der Waals surface area contributed by atoms with Gasteiger partial charge in [0.15, 0.2) is 0 Å². The highest BCUT2D eigenvalue weighted by Crippen LogP contribution is 2.42. The number of aliphatic hydroxyl groups excluding tert-OH is 1. The summed E-state index contributed by atoms with van der Waals surface area (Å²) in [6, 6.07) is 15.4. The normalized spacial score (nSPS) is 23.8. The average Bonchev–Trinajstić information content (AvgIpc) is 3.02. The van der Waals surface area contributed by atoms with Gasteiger partial charge in [-0.3, -0.25) is 0 Å². The molecule has 1 unspecified atom stereocenters. The molecule has 0 bridgehead atoms. The van der Waals surface area contributed by atoms with Crippen molar-refractivity contribution in [2.45, 2.75) is 43.7 Å². The lowest BCUT2D eigenvalue weighted by Crippen LogP contribution is -2.49. The lowest BCUT2D eigenvalue weighted by Gasteiger charge is -2.38. The summed E-state index contributed by atoms with van der Waals surface area (Å²) in [6.07, 6.45) is -0.555. The maximum Gasteiger partial charge on any atom is 0.300 e. The minimum atomic E-state index is -4.11. The van der Waals surface area contributed by atoms with Crippen molar-refractivity contribution >= 4 is 10.1 Å². The number of nitrogens with zero attached hydrogens (tertiary/aromatic N) is 1. The third-order valence-corrected chi connectivity index (χ3v) is 5.90. The van der Waals surface area contributed by atoms with Gasteiger partial charge in [0.1, 0.15) is 0 Å². The fourth-order valence-electron chi connectivity index (χ4n) is 3.22. The van der Waals surface area contributed by atoms with Crippen molar-refractivity contribution in [1.82, 2.24) is 4.90 Å². The SMILES string of the molecule is Cc1ccc(S(=O)(=O)O[C@]2(c3ccccc3)OC(CO)CN2C(C)C)cc1. The molecule has 0 amide bonds. The minimum absolute atomic E-state index is 0.0585. The van der Waals surface area contributed by atoms with Gasteiger partial charge >= 0.3 is 10.1 Å². The topological polar surface area (TPSA) is 76.1 Å². The Bertz CT molecular complexity index is 867. The first-order chi connectivity index (χ1) is 12.8. The zero-order chi connectivity index (χ0) is 19.7. The molecule has 0 spiro atoms. The van der Waals surface area contributed by atoms with Crippen LogP contribution in [0.3, 0.4) is 0 Å². The summed E-state index contributed by atoms with van der Waals surface area (Å²) in [5.74, 6) is -1.63. The van der Waals surface area contributed by atoms with E-state index in [2.05, 4.69) is 0 Å². The molecule has 0 aliphatic carbocycles. The third-order valence-electron chi connectivity index (χ3n) is 4.60. The maximum absolute atomic E-state index is 13.0. The van der Waals surface area contributed by atoms with E-state index in [0.717, 1.165) is 5.56 Å². The van der Waals surface area contributed by atoms with Crippen molar-refractivity contribution in [3.8, 4) is 0 Å². The first kappa shape index (κ1) is 20.0. The molecule has 0 saturated carbocycles. The molecule has 2 aromatic rings. The fourth-order valence-corrected chi connectivity index (χ4v) is 4.31. The standard InChI is InChI=1S/C20H25NO5S/c1-15(2)21-13-18(14-22)25-20(21,17-7-5-4-6-8-17)26-27(23,24)19-11-9-16(3)10-12-19/h4-12,15,18,22H,13-14H2,1-3H3/t18?,20-/m0/s1. The minimum Gasteiger partial charge on any atom is -0.394 e. The number of hydrogen-bond donors (Lipinski definition) is 1. The summed E-state index contributed by atoms with van der Waals surface area (Å²) in [7, 11) is -4.11. The zero-order valence-corrected chi connectivity index (χ0v) is 16.5. The Kier molecular flexibility index (Phi) is 5.69. The zero-order valence-electron chi connectivity index (χ0n) is 15.7. The van der Waals surface area contributed by atoms with E-state index in [1.54, 1.807) is 36.4 Å². The number of hydrogen-bond acceptors (Lipinski definition) is 6. The number of benzene rings is 2. The molecule has 1 saturated heterocycles. The van der Waals surface area contributed by atoms with Gasteiger partial charge in [0.05, 0.1) is 17.6 Å². The molecule has 2 atom stereocenters. The molecule has 146 valence electrons. The Hall–Kier alpha value is -1.77. The van der Waals surface area contributed by atoms with Crippen molar-refractivity contribution < 1.29 is 22.4 Å². The second-order valence-corrected chi connectivity index (χ2v) is 8.51. The fraction of sp³-hybridized carbons (Fsp3) is 0.400.